The number of nitrogens with zero attached hydrogens (tertiary/aromatic N) is 3. The Morgan fingerprint density at radius 1 is 1.28 bits per heavy atom. The summed E-state index contributed by atoms with van der Waals surface area (Å²) in [5.41, 5.74) is 7.41. The van der Waals surface area contributed by atoms with Gasteiger partial charge in [-0.2, -0.15) is 0 Å². The normalized spacial score (nSPS) is 16.3. The predicted molar refractivity (Wildman–Crippen MR) is 146 cm³/mol. The number of carbonyl (C=O) groups excluding carboxylic acids is 1. The van der Waals surface area contributed by atoms with Crippen molar-refractivity contribution in [1.29, 1.82) is 0 Å². The second-order valence-electron chi connectivity index (χ2n) is 9.21. The molecule has 1 aromatic carbocycles. The maximum atomic E-state index is 13.0. The van der Waals surface area contributed by atoms with E-state index in [9.17, 15) is 9.00 Å². The molecule has 1 amide bonds. The SMILES string of the molecule is COCC(NC(=O)c1ccn(S(C)=O)c1)C(Nc1nc(-c2ccc3c(c2)CCN3C)cs1)=C1CCC1. The van der Waals surface area contributed by atoms with Crippen molar-refractivity contribution >= 4 is 39.0 Å². The highest BCUT2D eigenvalue weighted by Crippen LogP contribution is 2.35. The van der Waals surface area contributed by atoms with Crippen LogP contribution >= 0.6 is 11.3 Å². The minimum absolute atomic E-state index is 0.233. The Kier molecular flexibility index (Phi) is 7.27. The molecule has 190 valence electrons. The number of likely N-dealkylation sites (N-methyl/N-ethyl adjacent to an activating group) is 1. The molecule has 2 N–H and O–H groups in total. The lowest BCUT2D eigenvalue weighted by molar-refractivity contribution is 0.0911. The van der Waals surface area contributed by atoms with Crippen molar-refractivity contribution in [1.82, 2.24) is 14.3 Å². The van der Waals surface area contributed by atoms with Crippen molar-refractivity contribution in [3.8, 4) is 11.3 Å². The molecular formula is C26H31N5O3S2. The molecule has 3 heterocycles. The molecule has 5 rings (SSSR count). The highest BCUT2D eigenvalue weighted by molar-refractivity contribution is 7.82. The van der Waals surface area contributed by atoms with Crippen LogP contribution in [0.25, 0.3) is 11.3 Å². The van der Waals surface area contributed by atoms with Crippen molar-refractivity contribution in [3.05, 3.63) is 64.4 Å². The largest absolute Gasteiger partial charge is 0.382 e. The number of methoxy groups -OCH3 is 1. The van der Waals surface area contributed by atoms with Crippen LogP contribution < -0.4 is 15.5 Å². The third-order valence-electron chi connectivity index (χ3n) is 6.80. The topological polar surface area (TPSA) is 88.5 Å². The van der Waals surface area contributed by atoms with E-state index in [1.807, 2.05) is 0 Å². The van der Waals surface area contributed by atoms with E-state index in [1.165, 1.54) is 20.8 Å². The van der Waals surface area contributed by atoms with Crippen LogP contribution in [-0.4, -0.2) is 58.7 Å². The first-order chi connectivity index (χ1) is 17.4. The number of allylic oxidation sites excluding steroid dienone is 1. The zero-order chi connectivity index (χ0) is 25.2. The Labute approximate surface area is 218 Å². The predicted octanol–water partition coefficient (Wildman–Crippen LogP) is 4.04. The summed E-state index contributed by atoms with van der Waals surface area (Å²) in [5.74, 6) is -0.233. The van der Waals surface area contributed by atoms with E-state index >= 15 is 0 Å². The second kappa shape index (κ2) is 10.6. The van der Waals surface area contributed by atoms with Crippen molar-refractivity contribution in [2.24, 2.45) is 0 Å². The molecule has 1 saturated carbocycles. The number of hydrogen-bond donors (Lipinski definition) is 2. The number of amides is 1. The van der Waals surface area contributed by atoms with Gasteiger partial charge < -0.3 is 20.3 Å². The van der Waals surface area contributed by atoms with Crippen LogP contribution in [0.15, 0.2) is 53.3 Å². The molecule has 2 aromatic heterocycles. The molecule has 0 spiro atoms. The summed E-state index contributed by atoms with van der Waals surface area (Å²) in [6.45, 7) is 1.38. The van der Waals surface area contributed by atoms with Crippen LogP contribution in [0.3, 0.4) is 0 Å². The van der Waals surface area contributed by atoms with Crippen molar-refractivity contribution < 1.29 is 13.7 Å². The van der Waals surface area contributed by atoms with Crippen LogP contribution in [0.2, 0.25) is 0 Å². The second-order valence-corrected chi connectivity index (χ2v) is 11.3. The summed E-state index contributed by atoms with van der Waals surface area (Å²) < 4.78 is 18.7. The third kappa shape index (κ3) is 5.11. The molecule has 2 aliphatic rings. The van der Waals surface area contributed by atoms with E-state index in [0.29, 0.717) is 12.2 Å². The van der Waals surface area contributed by atoms with E-state index in [-0.39, 0.29) is 11.9 Å². The summed E-state index contributed by atoms with van der Waals surface area (Å²) in [5, 5.41) is 9.49. The number of rotatable bonds is 9. The molecule has 0 radical (unpaired) electrons. The molecule has 1 aliphatic heterocycles. The molecule has 36 heavy (non-hydrogen) atoms. The molecule has 2 atom stereocenters. The highest BCUT2D eigenvalue weighted by Gasteiger charge is 2.26. The maximum Gasteiger partial charge on any atom is 0.253 e. The van der Waals surface area contributed by atoms with Crippen LogP contribution in [0.1, 0.15) is 35.2 Å². The number of carbonyl (C=O) groups is 1. The van der Waals surface area contributed by atoms with Gasteiger partial charge in [-0.25, -0.2) is 9.19 Å². The fourth-order valence-corrected chi connectivity index (χ4v) is 5.85. The number of anilines is 2. The fraction of sp³-hybridized carbons (Fsp3) is 0.385. The lowest BCUT2D eigenvalue weighted by Gasteiger charge is -2.28. The molecule has 1 aliphatic carbocycles. The van der Waals surface area contributed by atoms with Crippen LogP contribution in [-0.2, 0) is 22.1 Å². The van der Waals surface area contributed by atoms with E-state index in [4.69, 9.17) is 9.72 Å². The number of nitrogens with one attached hydrogen (secondary N) is 2. The summed E-state index contributed by atoms with van der Waals surface area (Å²) in [7, 11) is 2.55. The van der Waals surface area contributed by atoms with Gasteiger partial charge in [0.25, 0.3) is 5.91 Å². The Morgan fingerprint density at radius 3 is 2.81 bits per heavy atom. The van der Waals surface area contributed by atoms with Crippen molar-refractivity contribution in [2.45, 2.75) is 31.7 Å². The quantitative estimate of drug-likeness (QED) is 0.438. The van der Waals surface area contributed by atoms with E-state index in [1.54, 1.807) is 43.2 Å². The molecular weight excluding hydrogens is 494 g/mol. The van der Waals surface area contributed by atoms with Crippen LogP contribution in [0.4, 0.5) is 10.8 Å². The van der Waals surface area contributed by atoms with Gasteiger partial charge in [-0.15, -0.1) is 11.3 Å². The van der Waals surface area contributed by atoms with Crippen molar-refractivity contribution in [3.63, 3.8) is 0 Å². The van der Waals surface area contributed by atoms with Gasteiger partial charge in [0.05, 0.1) is 23.9 Å². The molecule has 0 saturated heterocycles. The Morgan fingerprint density at radius 2 is 2.11 bits per heavy atom. The van der Waals surface area contributed by atoms with Gasteiger partial charge >= 0.3 is 0 Å². The molecule has 2 unspecified atom stereocenters. The van der Waals surface area contributed by atoms with Gasteiger partial charge in [0.15, 0.2) is 5.13 Å². The molecule has 1 fully saturated rings. The number of hydrogen-bond acceptors (Lipinski definition) is 7. The summed E-state index contributed by atoms with van der Waals surface area (Å²) in [6, 6.07) is 7.88. The molecule has 3 aromatic rings. The first-order valence-corrected chi connectivity index (χ1v) is 14.4. The highest BCUT2D eigenvalue weighted by atomic mass is 32.2. The zero-order valence-corrected chi connectivity index (χ0v) is 22.4. The van der Waals surface area contributed by atoms with Gasteiger partial charge in [-0.1, -0.05) is 6.07 Å². The smallest absolute Gasteiger partial charge is 0.253 e. The van der Waals surface area contributed by atoms with E-state index in [0.717, 1.165) is 54.3 Å². The van der Waals surface area contributed by atoms with Gasteiger partial charge in [0.1, 0.15) is 11.0 Å². The summed E-state index contributed by atoms with van der Waals surface area (Å²) >= 11 is 1.56. The Bertz CT molecular complexity index is 1320. The van der Waals surface area contributed by atoms with Crippen LogP contribution in [0.5, 0.6) is 0 Å². The molecule has 8 nitrogen and oxygen atoms in total. The summed E-state index contributed by atoms with van der Waals surface area (Å²) in [4.78, 5) is 20.2. The zero-order valence-electron chi connectivity index (χ0n) is 20.7. The van der Waals surface area contributed by atoms with Gasteiger partial charge in [-0.05, 0) is 55.0 Å². The first kappa shape index (κ1) is 24.7. The van der Waals surface area contributed by atoms with E-state index in [2.05, 4.69) is 46.2 Å². The number of ether oxygens (including phenoxy) is 1. The summed E-state index contributed by atoms with van der Waals surface area (Å²) in [6.07, 6.45) is 8.98. The minimum Gasteiger partial charge on any atom is -0.382 e. The maximum absolute atomic E-state index is 13.0. The monoisotopic (exact) mass is 525 g/mol. The fourth-order valence-electron chi connectivity index (χ4n) is 4.63. The third-order valence-corrected chi connectivity index (χ3v) is 8.38. The number of thiazole rings is 1. The van der Waals surface area contributed by atoms with Crippen molar-refractivity contribution in [2.75, 3.05) is 43.8 Å². The first-order valence-electron chi connectivity index (χ1n) is 12.0. The number of fused-ring (bicyclic) bond motifs is 1. The molecule has 0 bridgehead atoms. The number of aromatic nitrogens is 2. The molecule has 10 heteroatoms. The lowest BCUT2D eigenvalue weighted by atomic mass is 9.88. The minimum atomic E-state index is -1.21. The van der Waals surface area contributed by atoms with Crippen LogP contribution in [0, 0.1) is 0 Å². The average Bonchev–Trinajstić information content (AvgIpc) is 3.57. The standard InChI is InChI=1S/C26H31N5O3S2/c1-30-11-9-19-13-18(7-8-23(19)30)22-16-35-26(28-22)29-24(17-5-4-6-17)21(15-34-2)27-25(32)20-10-12-31(14-20)36(3)33/h7-8,10,12-14,16,21H,4-6,9,11,15H2,1-3H3,(H,27,32)(H,28,29). The number of benzene rings is 1. The van der Waals surface area contributed by atoms with Gasteiger partial charge in [0, 0.05) is 61.7 Å². The van der Waals surface area contributed by atoms with E-state index < -0.39 is 11.0 Å². The van der Waals surface area contributed by atoms with Gasteiger partial charge in [0.2, 0.25) is 0 Å². The Balaban J connectivity index is 1.35. The van der Waals surface area contributed by atoms with Gasteiger partial charge in [-0.3, -0.25) is 8.77 Å². The lowest BCUT2D eigenvalue weighted by Crippen LogP contribution is -2.42. The average molecular weight is 526 g/mol. The Hall–Kier alpha value is -2.95.